The van der Waals surface area contributed by atoms with Crippen molar-refractivity contribution in [2.24, 2.45) is 5.92 Å². The van der Waals surface area contributed by atoms with Crippen LogP contribution >= 0.6 is 11.8 Å². The molecule has 1 amide bonds. The lowest BCUT2D eigenvalue weighted by atomic mass is 9.85. The summed E-state index contributed by atoms with van der Waals surface area (Å²) < 4.78 is 0. The van der Waals surface area contributed by atoms with E-state index < -0.39 is 0 Å². The molecule has 2 aliphatic heterocycles. The number of nitrogens with zero attached hydrogens (tertiary/aromatic N) is 1. The Labute approximate surface area is 108 Å². The maximum Gasteiger partial charge on any atom is 0.239 e. The standard InChI is InChI=1S/C13H22N2OS/c16-13(15-5-7-17-8-6-15)12-9-10-3-1-2-4-11(10)14-12/h10-12,14H,1-9H2. The molecule has 0 aromatic carbocycles. The second kappa shape index (κ2) is 5.19. The smallest absolute Gasteiger partial charge is 0.239 e. The van der Waals surface area contributed by atoms with Gasteiger partial charge in [-0.1, -0.05) is 12.8 Å². The van der Waals surface area contributed by atoms with Crippen molar-refractivity contribution in [3.8, 4) is 0 Å². The van der Waals surface area contributed by atoms with Crippen molar-refractivity contribution >= 4 is 17.7 Å². The van der Waals surface area contributed by atoms with Crippen molar-refractivity contribution in [1.29, 1.82) is 0 Å². The van der Waals surface area contributed by atoms with Gasteiger partial charge >= 0.3 is 0 Å². The summed E-state index contributed by atoms with van der Waals surface area (Å²) in [4.78, 5) is 14.5. The van der Waals surface area contributed by atoms with E-state index in [9.17, 15) is 4.79 Å². The van der Waals surface area contributed by atoms with Gasteiger partial charge in [0.2, 0.25) is 5.91 Å². The molecular weight excluding hydrogens is 232 g/mol. The molecule has 3 nitrogen and oxygen atoms in total. The average molecular weight is 254 g/mol. The van der Waals surface area contributed by atoms with E-state index in [1.54, 1.807) is 0 Å². The molecular formula is C13H22N2OS. The van der Waals surface area contributed by atoms with Crippen LogP contribution in [0.2, 0.25) is 0 Å². The number of nitrogens with one attached hydrogen (secondary N) is 1. The van der Waals surface area contributed by atoms with Crippen LogP contribution in [0.1, 0.15) is 32.1 Å². The number of thioether (sulfide) groups is 1. The van der Waals surface area contributed by atoms with Crippen molar-refractivity contribution < 1.29 is 4.79 Å². The zero-order valence-corrected chi connectivity index (χ0v) is 11.2. The Morgan fingerprint density at radius 1 is 1.18 bits per heavy atom. The summed E-state index contributed by atoms with van der Waals surface area (Å²) in [7, 11) is 0. The highest BCUT2D eigenvalue weighted by Gasteiger charge is 2.39. The first-order chi connectivity index (χ1) is 8.34. The third-order valence-corrected chi connectivity index (χ3v) is 5.43. The van der Waals surface area contributed by atoms with Gasteiger partial charge in [-0.15, -0.1) is 0 Å². The molecule has 3 unspecified atom stereocenters. The van der Waals surface area contributed by atoms with E-state index in [0.717, 1.165) is 36.9 Å². The number of carbonyl (C=O) groups is 1. The first-order valence-corrected chi connectivity index (χ1v) is 8.12. The first kappa shape index (κ1) is 11.8. The predicted octanol–water partition coefficient (Wildman–Crippen LogP) is 1.48. The summed E-state index contributed by atoms with van der Waals surface area (Å²) in [6, 6.07) is 0.767. The van der Waals surface area contributed by atoms with Crippen molar-refractivity contribution in [2.75, 3.05) is 24.6 Å². The van der Waals surface area contributed by atoms with Gasteiger partial charge in [-0.25, -0.2) is 0 Å². The number of hydrogen-bond acceptors (Lipinski definition) is 3. The normalized spacial score (nSPS) is 37.9. The molecule has 0 aromatic rings. The molecule has 2 heterocycles. The SMILES string of the molecule is O=C(C1CC2CCCCC2N1)N1CCSCC1. The minimum Gasteiger partial charge on any atom is -0.340 e. The Hall–Kier alpha value is -0.220. The van der Waals surface area contributed by atoms with Gasteiger partial charge in [-0.05, 0) is 25.2 Å². The third kappa shape index (κ3) is 2.48. The lowest BCUT2D eigenvalue weighted by Gasteiger charge is -2.29. The van der Waals surface area contributed by atoms with Gasteiger partial charge in [-0.3, -0.25) is 4.79 Å². The molecule has 0 aromatic heterocycles. The highest BCUT2D eigenvalue weighted by atomic mass is 32.2. The van der Waals surface area contributed by atoms with Gasteiger partial charge < -0.3 is 10.2 Å². The van der Waals surface area contributed by atoms with E-state index in [4.69, 9.17) is 0 Å². The van der Waals surface area contributed by atoms with Gasteiger partial charge in [0.15, 0.2) is 0 Å². The van der Waals surface area contributed by atoms with Crippen molar-refractivity contribution in [1.82, 2.24) is 10.2 Å². The molecule has 1 saturated carbocycles. The van der Waals surface area contributed by atoms with Gasteiger partial charge in [0.05, 0.1) is 6.04 Å². The molecule has 1 N–H and O–H groups in total. The van der Waals surface area contributed by atoms with Crippen LogP contribution in [0.3, 0.4) is 0 Å². The van der Waals surface area contributed by atoms with E-state index in [2.05, 4.69) is 10.2 Å². The molecule has 3 atom stereocenters. The van der Waals surface area contributed by atoms with Gasteiger partial charge in [0.25, 0.3) is 0 Å². The molecule has 96 valence electrons. The molecule has 0 bridgehead atoms. The number of fused-ring (bicyclic) bond motifs is 1. The summed E-state index contributed by atoms with van der Waals surface area (Å²) >= 11 is 1.96. The Morgan fingerprint density at radius 2 is 1.94 bits per heavy atom. The van der Waals surface area contributed by atoms with E-state index in [1.807, 2.05) is 11.8 Å². The monoisotopic (exact) mass is 254 g/mol. The van der Waals surface area contributed by atoms with Gasteiger partial charge in [0, 0.05) is 30.6 Å². The molecule has 1 aliphatic carbocycles. The van der Waals surface area contributed by atoms with Crippen molar-refractivity contribution in [3.63, 3.8) is 0 Å². The van der Waals surface area contributed by atoms with Gasteiger partial charge in [0.1, 0.15) is 0 Å². The molecule has 3 rings (SSSR count). The third-order valence-electron chi connectivity index (χ3n) is 4.48. The summed E-state index contributed by atoms with van der Waals surface area (Å²) in [6.07, 6.45) is 6.41. The highest BCUT2D eigenvalue weighted by Crippen LogP contribution is 2.33. The first-order valence-electron chi connectivity index (χ1n) is 6.97. The quantitative estimate of drug-likeness (QED) is 0.769. The lowest BCUT2D eigenvalue weighted by Crippen LogP contribution is -2.48. The molecule has 4 heteroatoms. The number of amides is 1. The Morgan fingerprint density at radius 3 is 2.71 bits per heavy atom. The number of rotatable bonds is 1. The molecule has 0 radical (unpaired) electrons. The number of carbonyl (C=O) groups excluding carboxylic acids is 1. The van der Waals surface area contributed by atoms with Crippen LogP contribution in [0.15, 0.2) is 0 Å². The Kier molecular flexibility index (Phi) is 3.61. The molecule has 3 aliphatic rings. The molecule has 2 saturated heterocycles. The van der Waals surface area contributed by atoms with E-state index in [-0.39, 0.29) is 6.04 Å². The minimum atomic E-state index is 0.131. The van der Waals surface area contributed by atoms with Crippen LogP contribution in [0.4, 0.5) is 0 Å². The molecule has 3 fully saturated rings. The molecule has 17 heavy (non-hydrogen) atoms. The molecule has 0 spiro atoms. The lowest BCUT2D eigenvalue weighted by molar-refractivity contribution is -0.132. The zero-order chi connectivity index (χ0) is 11.7. The Balaban J connectivity index is 1.59. The maximum absolute atomic E-state index is 12.4. The fourth-order valence-electron chi connectivity index (χ4n) is 3.51. The summed E-state index contributed by atoms with van der Waals surface area (Å²) in [5.41, 5.74) is 0. The number of hydrogen-bond donors (Lipinski definition) is 1. The second-order valence-electron chi connectivity index (χ2n) is 5.54. The fourth-order valence-corrected chi connectivity index (χ4v) is 4.42. The van der Waals surface area contributed by atoms with Crippen molar-refractivity contribution in [3.05, 3.63) is 0 Å². The fraction of sp³-hybridized carbons (Fsp3) is 0.923. The minimum absolute atomic E-state index is 0.131. The van der Waals surface area contributed by atoms with Crippen LogP contribution in [-0.2, 0) is 4.79 Å². The van der Waals surface area contributed by atoms with Crippen LogP contribution in [0.5, 0.6) is 0 Å². The van der Waals surface area contributed by atoms with Gasteiger partial charge in [-0.2, -0.15) is 11.8 Å². The topological polar surface area (TPSA) is 32.3 Å². The zero-order valence-electron chi connectivity index (χ0n) is 10.4. The Bertz CT molecular complexity index is 277. The van der Waals surface area contributed by atoms with E-state index >= 15 is 0 Å². The van der Waals surface area contributed by atoms with Crippen LogP contribution in [-0.4, -0.2) is 47.5 Å². The van der Waals surface area contributed by atoms with Crippen LogP contribution < -0.4 is 5.32 Å². The van der Waals surface area contributed by atoms with Crippen molar-refractivity contribution in [2.45, 2.75) is 44.2 Å². The average Bonchev–Trinajstić information content (AvgIpc) is 2.82. The van der Waals surface area contributed by atoms with Crippen LogP contribution in [0, 0.1) is 5.92 Å². The van der Waals surface area contributed by atoms with E-state index in [1.165, 1.54) is 25.7 Å². The van der Waals surface area contributed by atoms with E-state index in [0.29, 0.717) is 11.9 Å². The summed E-state index contributed by atoms with van der Waals surface area (Å²) in [5, 5.41) is 3.59. The second-order valence-corrected chi connectivity index (χ2v) is 6.77. The predicted molar refractivity (Wildman–Crippen MR) is 71.2 cm³/mol. The summed E-state index contributed by atoms with van der Waals surface area (Å²) in [6.45, 7) is 1.91. The van der Waals surface area contributed by atoms with Crippen LogP contribution in [0.25, 0.3) is 0 Å². The summed E-state index contributed by atoms with van der Waals surface area (Å²) in [5.74, 6) is 3.38. The largest absolute Gasteiger partial charge is 0.340 e. The maximum atomic E-state index is 12.4. The highest BCUT2D eigenvalue weighted by molar-refractivity contribution is 7.99.